The summed E-state index contributed by atoms with van der Waals surface area (Å²) in [5.74, 6) is 0.767. The van der Waals surface area contributed by atoms with Crippen LogP contribution in [0.2, 0.25) is 0 Å². The van der Waals surface area contributed by atoms with E-state index in [2.05, 4.69) is 10.4 Å². The van der Waals surface area contributed by atoms with Crippen molar-refractivity contribution in [3.05, 3.63) is 48.3 Å². The van der Waals surface area contributed by atoms with Crippen LogP contribution in [0.3, 0.4) is 0 Å². The monoisotopic (exact) mass is 329 g/mol. The maximum Gasteiger partial charge on any atom is 0.244 e. The first-order valence-corrected chi connectivity index (χ1v) is 8.32. The minimum Gasteiger partial charge on any atom is -0.491 e. The Labute approximate surface area is 141 Å². The van der Waals surface area contributed by atoms with Crippen molar-refractivity contribution < 1.29 is 14.3 Å². The highest BCUT2D eigenvalue weighted by atomic mass is 16.5. The van der Waals surface area contributed by atoms with Crippen LogP contribution in [0, 0.1) is 0 Å². The van der Waals surface area contributed by atoms with Gasteiger partial charge in [0.15, 0.2) is 0 Å². The van der Waals surface area contributed by atoms with E-state index in [-0.39, 0.29) is 18.1 Å². The fourth-order valence-electron chi connectivity index (χ4n) is 2.64. The van der Waals surface area contributed by atoms with Gasteiger partial charge in [-0.05, 0) is 43.5 Å². The first-order valence-electron chi connectivity index (χ1n) is 8.32. The van der Waals surface area contributed by atoms with Crippen LogP contribution < -0.4 is 10.1 Å². The summed E-state index contributed by atoms with van der Waals surface area (Å²) in [5, 5.41) is 7.01. The molecular weight excluding hydrogens is 306 g/mol. The van der Waals surface area contributed by atoms with E-state index in [0.717, 1.165) is 30.8 Å². The van der Waals surface area contributed by atoms with E-state index in [1.807, 2.05) is 31.2 Å². The van der Waals surface area contributed by atoms with Crippen molar-refractivity contribution >= 4 is 5.91 Å². The SMILES string of the molecule is CC(C(=O)NCc1ccc(OCC2CCCO2)cc1)n1cccn1. The zero-order valence-corrected chi connectivity index (χ0v) is 13.9. The van der Waals surface area contributed by atoms with Crippen molar-refractivity contribution in [3.63, 3.8) is 0 Å². The Balaban J connectivity index is 1.44. The molecule has 6 heteroatoms. The van der Waals surface area contributed by atoms with Crippen LogP contribution in [0.25, 0.3) is 0 Å². The van der Waals surface area contributed by atoms with Crippen molar-refractivity contribution in [3.8, 4) is 5.75 Å². The number of carbonyl (C=O) groups excluding carboxylic acids is 1. The molecular formula is C18H23N3O3. The zero-order valence-electron chi connectivity index (χ0n) is 13.9. The predicted octanol–water partition coefficient (Wildman–Crippen LogP) is 2.32. The molecule has 24 heavy (non-hydrogen) atoms. The van der Waals surface area contributed by atoms with Crippen molar-refractivity contribution in [2.75, 3.05) is 13.2 Å². The lowest BCUT2D eigenvalue weighted by Crippen LogP contribution is -2.30. The summed E-state index contributed by atoms with van der Waals surface area (Å²) in [5.41, 5.74) is 1.03. The predicted molar refractivity (Wildman–Crippen MR) is 89.7 cm³/mol. The van der Waals surface area contributed by atoms with E-state index < -0.39 is 0 Å². The molecule has 128 valence electrons. The molecule has 6 nitrogen and oxygen atoms in total. The third-order valence-electron chi connectivity index (χ3n) is 4.15. The molecule has 1 amide bonds. The van der Waals surface area contributed by atoms with Crippen molar-refractivity contribution in [1.29, 1.82) is 0 Å². The van der Waals surface area contributed by atoms with Gasteiger partial charge in [-0.1, -0.05) is 12.1 Å². The molecule has 3 rings (SSSR count). The number of nitrogens with one attached hydrogen (secondary N) is 1. The van der Waals surface area contributed by atoms with Crippen LogP contribution in [0.5, 0.6) is 5.75 Å². The maximum absolute atomic E-state index is 12.1. The topological polar surface area (TPSA) is 65.4 Å². The first kappa shape index (κ1) is 16.5. The van der Waals surface area contributed by atoms with Crippen LogP contribution >= 0.6 is 0 Å². The number of hydrogen-bond donors (Lipinski definition) is 1. The van der Waals surface area contributed by atoms with Gasteiger partial charge in [0.05, 0.1) is 6.10 Å². The third-order valence-corrected chi connectivity index (χ3v) is 4.15. The van der Waals surface area contributed by atoms with E-state index in [4.69, 9.17) is 9.47 Å². The minimum absolute atomic E-state index is 0.0580. The van der Waals surface area contributed by atoms with Gasteiger partial charge in [-0.2, -0.15) is 5.10 Å². The highest BCUT2D eigenvalue weighted by Gasteiger charge is 2.16. The molecule has 1 aliphatic heterocycles. The summed E-state index contributed by atoms with van der Waals surface area (Å²) >= 11 is 0. The molecule has 2 atom stereocenters. The zero-order chi connectivity index (χ0) is 16.8. The molecule has 0 bridgehead atoms. The van der Waals surface area contributed by atoms with Crippen molar-refractivity contribution in [2.24, 2.45) is 0 Å². The van der Waals surface area contributed by atoms with E-state index in [1.54, 1.807) is 23.1 Å². The van der Waals surface area contributed by atoms with Gasteiger partial charge < -0.3 is 14.8 Å². The summed E-state index contributed by atoms with van der Waals surface area (Å²) in [6.45, 7) is 3.74. The first-order chi connectivity index (χ1) is 11.7. The molecule has 1 saturated heterocycles. The molecule has 1 N–H and O–H groups in total. The van der Waals surface area contributed by atoms with E-state index in [9.17, 15) is 4.79 Å². The summed E-state index contributed by atoms with van der Waals surface area (Å²) in [4.78, 5) is 12.1. The number of rotatable bonds is 7. The van der Waals surface area contributed by atoms with Crippen LogP contribution in [0.4, 0.5) is 0 Å². The number of carbonyl (C=O) groups is 1. The van der Waals surface area contributed by atoms with Gasteiger partial charge in [-0.3, -0.25) is 9.48 Å². The fraction of sp³-hybridized carbons (Fsp3) is 0.444. The van der Waals surface area contributed by atoms with Gasteiger partial charge in [-0.25, -0.2) is 0 Å². The van der Waals surface area contributed by atoms with Gasteiger partial charge in [0.1, 0.15) is 18.4 Å². The van der Waals surface area contributed by atoms with Gasteiger partial charge in [0, 0.05) is 25.5 Å². The lowest BCUT2D eigenvalue weighted by atomic mass is 10.2. The highest BCUT2D eigenvalue weighted by Crippen LogP contribution is 2.16. The molecule has 1 aliphatic rings. The molecule has 1 aromatic carbocycles. The van der Waals surface area contributed by atoms with Gasteiger partial charge in [0.2, 0.25) is 5.91 Å². The average Bonchev–Trinajstić information content (AvgIpc) is 3.31. The number of amides is 1. The Morgan fingerprint density at radius 1 is 1.46 bits per heavy atom. The lowest BCUT2D eigenvalue weighted by molar-refractivity contribution is -0.124. The summed E-state index contributed by atoms with van der Waals surface area (Å²) in [7, 11) is 0. The van der Waals surface area contributed by atoms with E-state index >= 15 is 0 Å². The second-order valence-electron chi connectivity index (χ2n) is 5.97. The Hall–Kier alpha value is -2.34. The normalized spacial score (nSPS) is 18.3. The molecule has 0 spiro atoms. The summed E-state index contributed by atoms with van der Waals surface area (Å²) in [6.07, 6.45) is 5.85. The van der Waals surface area contributed by atoms with E-state index in [0.29, 0.717) is 13.2 Å². The van der Waals surface area contributed by atoms with Crippen LogP contribution in [0.1, 0.15) is 31.4 Å². The Morgan fingerprint density at radius 2 is 2.29 bits per heavy atom. The smallest absolute Gasteiger partial charge is 0.244 e. The standard InChI is InChI=1S/C18H23N3O3/c1-14(21-10-3-9-20-21)18(22)19-12-15-5-7-16(8-6-15)24-13-17-4-2-11-23-17/h3,5-10,14,17H,2,4,11-13H2,1H3,(H,19,22). The van der Waals surface area contributed by atoms with Crippen LogP contribution in [-0.4, -0.2) is 35.0 Å². The van der Waals surface area contributed by atoms with Crippen molar-refractivity contribution in [1.82, 2.24) is 15.1 Å². The average molecular weight is 329 g/mol. The lowest BCUT2D eigenvalue weighted by Gasteiger charge is -2.13. The molecule has 1 aromatic heterocycles. The van der Waals surface area contributed by atoms with Gasteiger partial charge >= 0.3 is 0 Å². The Bertz CT molecular complexity index is 634. The minimum atomic E-state index is -0.325. The van der Waals surface area contributed by atoms with Crippen LogP contribution in [0.15, 0.2) is 42.7 Å². The van der Waals surface area contributed by atoms with Gasteiger partial charge in [-0.15, -0.1) is 0 Å². The van der Waals surface area contributed by atoms with Gasteiger partial charge in [0.25, 0.3) is 0 Å². The number of nitrogens with zero attached hydrogens (tertiary/aromatic N) is 2. The highest BCUT2D eigenvalue weighted by molar-refractivity contribution is 5.79. The molecule has 0 saturated carbocycles. The number of aromatic nitrogens is 2. The molecule has 2 aromatic rings. The quantitative estimate of drug-likeness (QED) is 0.847. The maximum atomic E-state index is 12.1. The van der Waals surface area contributed by atoms with Crippen LogP contribution in [-0.2, 0) is 16.1 Å². The van der Waals surface area contributed by atoms with E-state index in [1.165, 1.54) is 0 Å². The number of hydrogen-bond acceptors (Lipinski definition) is 4. The molecule has 0 radical (unpaired) electrons. The largest absolute Gasteiger partial charge is 0.491 e. The molecule has 2 unspecified atom stereocenters. The Morgan fingerprint density at radius 3 is 2.96 bits per heavy atom. The molecule has 1 fully saturated rings. The number of ether oxygens (including phenoxy) is 2. The Kier molecular flexibility index (Phi) is 5.48. The second-order valence-corrected chi connectivity index (χ2v) is 5.97. The number of benzene rings is 1. The third kappa shape index (κ3) is 4.35. The fourth-order valence-corrected chi connectivity index (χ4v) is 2.64. The summed E-state index contributed by atoms with van der Waals surface area (Å²) < 4.78 is 12.9. The second kappa shape index (κ2) is 7.97. The molecule has 2 heterocycles. The summed E-state index contributed by atoms with van der Waals surface area (Å²) in [6, 6.07) is 9.25. The van der Waals surface area contributed by atoms with Crippen molar-refractivity contribution in [2.45, 2.75) is 38.5 Å². The molecule has 0 aliphatic carbocycles.